The molecule has 0 aromatic heterocycles. The van der Waals surface area contributed by atoms with Crippen LogP contribution in [0.5, 0.6) is 0 Å². The van der Waals surface area contributed by atoms with E-state index in [2.05, 4.69) is 13.9 Å². The first-order valence-electron chi connectivity index (χ1n) is 17.3. The molecule has 4 aromatic rings. The van der Waals surface area contributed by atoms with Gasteiger partial charge in [-0.25, -0.2) is 0 Å². The molecule has 0 atom stereocenters. The number of carbonyl (C=O) groups is 6. The van der Waals surface area contributed by atoms with Crippen molar-refractivity contribution >= 4 is 89.4 Å². The highest BCUT2D eigenvalue weighted by atomic mass is 32.2. The van der Waals surface area contributed by atoms with Crippen molar-refractivity contribution in [1.29, 1.82) is 0 Å². The van der Waals surface area contributed by atoms with Crippen LogP contribution in [0.4, 0.5) is 26.3 Å². The zero-order chi connectivity index (χ0) is 45.1. The molecule has 0 bridgehead atoms. The summed E-state index contributed by atoms with van der Waals surface area (Å²) in [4.78, 5) is 82.1. The zero-order valence-corrected chi connectivity index (χ0v) is 32.8. The van der Waals surface area contributed by atoms with Crippen molar-refractivity contribution in [3.63, 3.8) is 0 Å². The minimum absolute atomic E-state index is 0.0201. The highest BCUT2D eigenvalue weighted by Gasteiger charge is 2.53. The number of nitrogens with zero attached hydrogens (tertiary/aromatic N) is 3. The Hall–Kier alpha value is -6.50. The van der Waals surface area contributed by atoms with E-state index in [4.69, 9.17) is 0 Å². The van der Waals surface area contributed by atoms with E-state index in [0.717, 1.165) is 48.6 Å². The molecule has 16 nitrogen and oxygen atoms in total. The van der Waals surface area contributed by atoms with Crippen molar-refractivity contribution in [2.75, 3.05) is 20.1 Å². The van der Waals surface area contributed by atoms with Crippen molar-refractivity contribution < 1.29 is 80.5 Å². The number of imide groups is 2. The highest BCUT2D eigenvalue weighted by molar-refractivity contribution is 7.87. The van der Waals surface area contributed by atoms with Crippen LogP contribution >= 0.6 is 0 Å². The summed E-state index contributed by atoms with van der Waals surface area (Å²) in [5, 5.41) is 0.179. The maximum Gasteiger partial charge on any atom is 0.525 e. The molecule has 0 saturated carbocycles. The second-order valence-electron chi connectivity index (χ2n) is 12.8. The molecule has 61 heavy (non-hydrogen) atoms. The standard InChI is InChI=1S/C37H26F6N4O12S2/c1-4-45(5-2)28(49)16-14-20-21-7-6-8-23-29(21)26(34(52)46(32(23)50)58-60(54,55)36(38,39)40)17-25(20)22-13-12-19-18(10-15-27(48)44-3)9-11-24-30(19)31(22)35(53)47(33(24)51)59-61(56,57)37(41,42)43/h6-17H,4-5H2,1-3H3,(H,44,48)/b15-10+,16-14+. The first-order valence-corrected chi connectivity index (χ1v) is 20.1. The number of amides is 6. The van der Waals surface area contributed by atoms with Gasteiger partial charge < -0.3 is 10.2 Å². The molecular weight excluding hydrogens is 871 g/mol. The van der Waals surface area contributed by atoms with E-state index in [9.17, 15) is 71.9 Å². The van der Waals surface area contributed by atoms with E-state index >= 15 is 0 Å². The van der Waals surface area contributed by atoms with E-state index < -0.39 is 105 Å². The molecule has 1 N–H and O–H groups in total. The molecule has 2 aliphatic heterocycles. The summed E-state index contributed by atoms with van der Waals surface area (Å²) in [5.74, 6) is -8.17. The van der Waals surface area contributed by atoms with E-state index in [-0.39, 0.29) is 51.3 Å². The van der Waals surface area contributed by atoms with Crippen LogP contribution in [0, 0.1) is 0 Å². The van der Waals surface area contributed by atoms with Gasteiger partial charge >= 0.3 is 31.3 Å². The van der Waals surface area contributed by atoms with Crippen molar-refractivity contribution in [2.45, 2.75) is 24.9 Å². The first-order chi connectivity index (χ1) is 28.4. The fourth-order valence-corrected chi connectivity index (χ4v) is 7.40. The van der Waals surface area contributed by atoms with Gasteiger partial charge in [-0.15, -0.1) is 18.7 Å². The number of hydrogen-bond donors (Lipinski definition) is 1. The number of likely N-dealkylation sites (N-methyl/N-ethyl adjacent to an activating group) is 2. The summed E-state index contributed by atoms with van der Waals surface area (Å²) in [6.45, 7) is 3.73. The van der Waals surface area contributed by atoms with Crippen LogP contribution in [-0.4, -0.2) is 98.5 Å². The lowest BCUT2D eigenvalue weighted by molar-refractivity contribution is -0.125. The molecular formula is C37H26F6N4O12S2. The summed E-state index contributed by atoms with van der Waals surface area (Å²) in [5.41, 5.74) is -15.8. The number of hydrogen-bond acceptors (Lipinski definition) is 12. The number of carbonyl (C=O) groups excluding carboxylic acids is 6. The highest BCUT2D eigenvalue weighted by Crippen LogP contribution is 2.45. The molecule has 2 heterocycles. The summed E-state index contributed by atoms with van der Waals surface area (Å²) in [6.07, 6.45) is 4.48. The third-order valence-corrected chi connectivity index (χ3v) is 11.2. The zero-order valence-electron chi connectivity index (χ0n) is 31.2. The van der Waals surface area contributed by atoms with Gasteiger partial charge in [0.2, 0.25) is 11.8 Å². The predicted molar refractivity (Wildman–Crippen MR) is 200 cm³/mol. The molecule has 0 fully saturated rings. The molecule has 6 amide bonds. The molecule has 0 radical (unpaired) electrons. The second-order valence-corrected chi connectivity index (χ2v) is 15.8. The van der Waals surface area contributed by atoms with Gasteiger partial charge in [-0.3, -0.25) is 28.8 Å². The minimum Gasteiger partial charge on any atom is -0.356 e. The lowest BCUT2D eigenvalue weighted by Gasteiger charge is -2.29. The summed E-state index contributed by atoms with van der Waals surface area (Å²) in [7, 11) is -12.1. The number of hydroxylamine groups is 4. The summed E-state index contributed by atoms with van der Waals surface area (Å²) >= 11 is 0. The van der Waals surface area contributed by atoms with Crippen LogP contribution in [0.3, 0.4) is 0 Å². The number of rotatable bonds is 11. The van der Waals surface area contributed by atoms with Gasteiger partial charge in [0, 0.05) is 43.1 Å². The van der Waals surface area contributed by atoms with Crippen LogP contribution < -0.4 is 5.32 Å². The van der Waals surface area contributed by atoms with Gasteiger partial charge in [0.05, 0.1) is 22.3 Å². The van der Waals surface area contributed by atoms with Crippen LogP contribution in [0.15, 0.2) is 60.7 Å². The van der Waals surface area contributed by atoms with Crippen molar-refractivity contribution in [3.05, 3.63) is 94.1 Å². The van der Waals surface area contributed by atoms with E-state index in [0.29, 0.717) is 0 Å². The third-order valence-electron chi connectivity index (χ3n) is 9.39. The summed E-state index contributed by atoms with van der Waals surface area (Å²) < 4.78 is 138. The smallest absolute Gasteiger partial charge is 0.356 e. The van der Waals surface area contributed by atoms with Gasteiger partial charge in [0.1, 0.15) is 0 Å². The average Bonchev–Trinajstić information content (AvgIpc) is 3.19. The molecule has 24 heteroatoms. The van der Waals surface area contributed by atoms with Crippen molar-refractivity contribution in [3.8, 4) is 11.1 Å². The topological polar surface area (TPSA) is 211 Å². The van der Waals surface area contributed by atoms with E-state index in [1.807, 2.05) is 0 Å². The Labute approximate surface area is 339 Å². The van der Waals surface area contributed by atoms with Gasteiger partial charge in [0.15, 0.2) is 0 Å². The Morgan fingerprint density at radius 3 is 1.77 bits per heavy atom. The number of benzene rings is 4. The van der Waals surface area contributed by atoms with E-state index in [1.54, 1.807) is 13.8 Å². The van der Waals surface area contributed by atoms with Gasteiger partial charge in [-0.1, -0.05) is 30.3 Å². The number of nitrogens with one attached hydrogen (secondary N) is 1. The van der Waals surface area contributed by atoms with Crippen LogP contribution in [-0.2, 0) is 38.4 Å². The first kappa shape index (κ1) is 44.1. The van der Waals surface area contributed by atoms with Crippen LogP contribution in [0.1, 0.15) is 66.4 Å². The lowest BCUT2D eigenvalue weighted by atomic mass is 9.82. The third kappa shape index (κ3) is 7.51. The molecule has 6 rings (SSSR count). The quantitative estimate of drug-likeness (QED) is 0.0907. The lowest BCUT2D eigenvalue weighted by Crippen LogP contribution is -2.44. The monoisotopic (exact) mass is 896 g/mol. The Morgan fingerprint density at radius 2 is 1.21 bits per heavy atom. The van der Waals surface area contributed by atoms with Gasteiger partial charge in [0.25, 0.3) is 23.6 Å². The molecule has 4 aromatic carbocycles. The molecule has 0 saturated heterocycles. The second kappa shape index (κ2) is 15.5. The predicted octanol–water partition coefficient (Wildman–Crippen LogP) is 5.06. The SMILES string of the molecule is CCN(CC)C(=O)/C=C/c1c(-c2ccc3c(/C=C/C(=O)NC)ccc4c3c2C(=O)N(OS(=O)(=O)C(F)(F)F)C4=O)cc2c3c(cccc13)C(=O)N(OS(=O)(=O)C(F)(F)F)C2=O. The molecule has 0 unspecified atom stereocenters. The fourth-order valence-electron chi connectivity index (χ4n) is 6.57. The van der Waals surface area contributed by atoms with Crippen molar-refractivity contribution in [2.24, 2.45) is 0 Å². The Balaban J connectivity index is 1.74. The Kier molecular flexibility index (Phi) is 11.2. The number of halogens is 6. The minimum atomic E-state index is -6.71. The Morgan fingerprint density at radius 1 is 0.672 bits per heavy atom. The van der Waals surface area contributed by atoms with Gasteiger partial charge in [-0.2, -0.15) is 43.2 Å². The van der Waals surface area contributed by atoms with E-state index in [1.165, 1.54) is 36.2 Å². The van der Waals surface area contributed by atoms with Crippen LogP contribution in [0.2, 0.25) is 0 Å². The maximum absolute atomic E-state index is 14.3. The molecule has 2 aliphatic rings. The van der Waals surface area contributed by atoms with Gasteiger partial charge in [-0.05, 0) is 77.2 Å². The van der Waals surface area contributed by atoms with Crippen molar-refractivity contribution in [1.82, 2.24) is 20.3 Å². The fraction of sp³-hybridized carbons (Fsp3) is 0.189. The van der Waals surface area contributed by atoms with Crippen LogP contribution in [0.25, 0.3) is 44.8 Å². The Bertz CT molecular complexity index is 2930. The molecule has 0 spiro atoms. The number of alkyl halides is 6. The maximum atomic E-state index is 14.3. The molecule has 320 valence electrons. The average molecular weight is 897 g/mol. The summed E-state index contributed by atoms with van der Waals surface area (Å²) in [6, 6.07) is 8.87. The normalized spacial score (nSPS) is 14.9. The molecule has 0 aliphatic carbocycles. The largest absolute Gasteiger partial charge is 0.525 e.